The molecular weight excluding hydrogens is 481 g/mol. The van der Waals surface area contributed by atoms with Crippen molar-refractivity contribution < 1.29 is 27.8 Å². The van der Waals surface area contributed by atoms with E-state index in [1.165, 1.54) is 26.0 Å². The van der Waals surface area contributed by atoms with Crippen LogP contribution >= 0.6 is 0 Å². The molecule has 3 aromatic rings. The lowest BCUT2D eigenvalue weighted by Crippen LogP contribution is -2.43. The lowest BCUT2D eigenvalue weighted by molar-refractivity contribution is -0.137. The average molecular weight is 519 g/mol. The number of carbonyl (C=O) groups is 1. The van der Waals surface area contributed by atoms with Crippen LogP contribution in [-0.4, -0.2) is 46.3 Å². The van der Waals surface area contributed by atoms with Gasteiger partial charge < -0.3 is 14.8 Å². The van der Waals surface area contributed by atoms with E-state index in [2.05, 4.69) is 4.98 Å². The zero-order valence-corrected chi connectivity index (χ0v) is 22.0. The van der Waals surface area contributed by atoms with Crippen LogP contribution in [0.4, 0.5) is 13.2 Å². The number of hydrogen-bond acceptors (Lipinski definition) is 3. The number of nitrogens with zero attached hydrogens (tertiary/aromatic N) is 1. The van der Waals surface area contributed by atoms with Crippen molar-refractivity contribution in [1.82, 2.24) is 9.88 Å². The molecule has 8 heteroatoms. The number of rotatable bonds is 10. The molecule has 2 heterocycles. The zero-order valence-electron chi connectivity index (χ0n) is 22.0. The molecule has 0 saturated carbocycles. The summed E-state index contributed by atoms with van der Waals surface area (Å²) < 4.78 is 51.1. The molecule has 0 bridgehead atoms. The maximum atomic E-state index is 15.5. The van der Waals surface area contributed by atoms with Crippen LogP contribution in [0, 0.1) is 11.6 Å². The fraction of sp³-hybridized carbons (Fsp3) is 0.483. The summed E-state index contributed by atoms with van der Waals surface area (Å²) in [4.78, 5) is 15.7. The van der Waals surface area contributed by atoms with E-state index in [0.717, 1.165) is 16.5 Å². The third kappa shape index (κ3) is 7.06. The highest BCUT2D eigenvalue weighted by Gasteiger charge is 2.37. The van der Waals surface area contributed by atoms with Crippen LogP contribution in [0.3, 0.4) is 0 Å². The van der Waals surface area contributed by atoms with Crippen LogP contribution in [0.25, 0.3) is 10.9 Å². The smallest absolute Gasteiger partial charge is 0.303 e. The molecule has 2 N–H and O–H groups in total. The molecule has 1 unspecified atom stereocenters. The van der Waals surface area contributed by atoms with Crippen molar-refractivity contribution in [1.29, 1.82) is 0 Å². The predicted molar refractivity (Wildman–Crippen MR) is 140 cm³/mol. The fourth-order valence-corrected chi connectivity index (χ4v) is 4.92. The van der Waals surface area contributed by atoms with E-state index < -0.39 is 29.3 Å². The summed E-state index contributed by atoms with van der Waals surface area (Å²) in [7, 11) is 0. The number of aromatic amines is 1. The molecule has 2 aromatic carbocycles. The Kier molecular flexibility index (Phi) is 9.65. The lowest BCUT2D eigenvalue weighted by atomic mass is 9.90. The number of unbranched alkanes of at least 4 members (excludes halogenated alkanes) is 2. The van der Waals surface area contributed by atoms with Crippen molar-refractivity contribution in [2.75, 3.05) is 19.7 Å². The highest BCUT2D eigenvalue weighted by Crippen LogP contribution is 2.41. The number of nitrogens with one attached hydrogen (secondary N) is 1. The number of hydrogen-bond donors (Lipinski definition) is 2. The molecule has 1 aliphatic rings. The Bertz CT molecular complexity index is 1180. The number of alkyl halides is 1. The third-order valence-electron chi connectivity index (χ3n) is 6.34. The second kappa shape index (κ2) is 12.5. The molecule has 1 aromatic heterocycles. The summed E-state index contributed by atoms with van der Waals surface area (Å²) in [5.41, 5.74) is 0.895. The number of carboxylic acid groups (broad SMARTS) is 1. The largest absolute Gasteiger partial charge is 0.493 e. The van der Waals surface area contributed by atoms with E-state index in [1.54, 1.807) is 4.90 Å². The van der Waals surface area contributed by atoms with Gasteiger partial charge in [0, 0.05) is 53.8 Å². The number of halogens is 3. The van der Waals surface area contributed by atoms with E-state index in [4.69, 9.17) is 9.84 Å². The molecular formula is C29H37F3N2O3. The van der Waals surface area contributed by atoms with Gasteiger partial charge in [0.1, 0.15) is 23.1 Å². The van der Waals surface area contributed by atoms with Crippen molar-refractivity contribution >= 4 is 16.9 Å². The standard InChI is InChI=1S/C27H31F3N2O3.C2H6/c1-27(2,30)16-32-12-11-19-18-8-5-6-9-22(18)31-25(19)26(32)24-20(28)14-17(15-21(24)29)35-13-7-3-4-10-23(33)34;1-2/h5-6,8-9,14-15,26,31H,3-4,7,10-13,16H2,1-2H3,(H,33,34);1-2H3. The van der Waals surface area contributed by atoms with Gasteiger partial charge in [-0.1, -0.05) is 32.0 Å². The summed E-state index contributed by atoms with van der Waals surface area (Å²) >= 11 is 0. The van der Waals surface area contributed by atoms with Crippen LogP contribution in [0.1, 0.15) is 76.2 Å². The summed E-state index contributed by atoms with van der Waals surface area (Å²) in [5, 5.41) is 9.69. The molecule has 4 rings (SSSR count). The number of aromatic nitrogens is 1. The molecule has 1 aliphatic heterocycles. The first-order valence-corrected chi connectivity index (χ1v) is 13.0. The van der Waals surface area contributed by atoms with Crippen LogP contribution in [-0.2, 0) is 11.2 Å². The molecule has 0 saturated heterocycles. The van der Waals surface area contributed by atoms with Crippen LogP contribution in [0.5, 0.6) is 5.75 Å². The van der Waals surface area contributed by atoms with Gasteiger partial charge in [-0.3, -0.25) is 9.69 Å². The van der Waals surface area contributed by atoms with Crippen LogP contribution in [0.15, 0.2) is 36.4 Å². The lowest BCUT2D eigenvalue weighted by Gasteiger charge is -2.38. The zero-order chi connectivity index (χ0) is 27.2. The second-order valence-electron chi connectivity index (χ2n) is 9.76. The van der Waals surface area contributed by atoms with Gasteiger partial charge in [-0.05, 0) is 51.2 Å². The minimum absolute atomic E-state index is 0.0277. The number of aliphatic carboxylic acids is 1. The highest BCUT2D eigenvalue weighted by atomic mass is 19.1. The quantitative estimate of drug-likeness (QED) is 0.279. The molecule has 1 atom stereocenters. The molecule has 0 amide bonds. The molecule has 0 radical (unpaired) electrons. The number of para-hydroxylation sites is 1. The monoisotopic (exact) mass is 518 g/mol. The van der Waals surface area contributed by atoms with Gasteiger partial charge >= 0.3 is 5.97 Å². The maximum absolute atomic E-state index is 15.5. The Morgan fingerprint density at radius 3 is 2.46 bits per heavy atom. The minimum atomic E-state index is -1.54. The fourth-order valence-electron chi connectivity index (χ4n) is 4.92. The number of fused-ring (bicyclic) bond motifs is 3. The van der Waals surface area contributed by atoms with Crippen molar-refractivity contribution in [2.24, 2.45) is 0 Å². The first kappa shape index (κ1) is 28.6. The molecule has 202 valence electrons. The van der Waals surface area contributed by atoms with E-state index in [1.807, 2.05) is 38.1 Å². The Hall–Kier alpha value is -3.00. The Labute approximate surface area is 216 Å². The number of carboxylic acids is 1. The maximum Gasteiger partial charge on any atom is 0.303 e. The molecule has 37 heavy (non-hydrogen) atoms. The molecule has 0 spiro atoms. The van der Waals surface area contributed by atoms with Crippen molar-refractivity contribution in [2.45, 2.75) is 71.5 Å². The highest BCUT2D eigenvalue weighted by molar-refractivity contribution is 5.85. The van der Waals surface area contributed by atoms with Crippen LogP contribution in [0.2, 0.25) is 0 Å². The van der Waals surface area contributed by atoms with Crippen LogP contribution < -0.4 is 4.74 Å². The number of H-pyrrole nitrogens is 1. The second-order valence-corrected chi connectivity index (χ2v) is 9.76. The van der Waals surface area contributed by atoms with Gasteiger partial charge in [-0.25, -0.2) is 13.2 Å². The Balaban J connectivity index is 0.00000186. The average Bonchev–Trinajstić information content (AvgIpc) is 3.21. The van der Waals surface area contributed by atoms with Gasteiger partial charge in [0.15, 0.2) is 0 Å². The van der Waals surface area contributed by atoms with E-state index >= 15 is 8.78 Å². The van der Waals surface area contributed by atoms with Gasteiger partial charge in [-0.2, -0.15) is 0 Å². The Morgan fingerprint density at radius 2 is 1.81 bits per heavy atom. The normalized spacial score (nSPS) is 15.7. The predicted octanol–water partition coefficient (Wildman–Crippen LogP) is 7.19. The van der Waals surface area contributed by atoms with Crippen molar-refractivity contribution in [3.05, 3.63) is 64.9 Å². The van der Waals surface area contributed by atoms with Gasteiger partial charge in [0.2, 0.25) is 0 Å². The van der Waals surface area contributed by atoms with E-state index in [0.29, 0.717) is 37.9 Å². The summed E-state index contributed by atoms with van der Waals surface area (Å²) in [5.74, 6) is -2.27. The van der Waals surface area contributed by atoms with Gasteiger partial charge in [0.05, 0.1) is 12.6 Å². The van der Waals surface area contributed by atoms with E-state index in [9.17, 15) is 9.18 Å². The van der Waals surface area contributed by atoms with Gasteiger partial charge in [0.25, 0.3) is 0 Å². The number of ether oxygens (including phenoxy) is 1. The third-order valence-corrected chi connectivity index (χ3v) is 6.34. The van der Waals surface area contributed by atoms with Gasteiger partial charge in [-0.15, -0.1) is 0 Å². The van der Waals surface area contributed by atoms with E-state index in [-0.39, 0.29) is 30.9 Å². The molecule has 0 aliphatic carbocycles. The molecule has 5 nitrogen and oxygen atoms in total. The van der Waals surface area contributed by atoms with Crippen molar-refractivity contribution in [3.8, 4) is 5.75 Å². The van der Waals surface area contributed by atoms with Crippen molar-refractivity contribution in [3.63, 3.8) is 0 Å². The SMILES string of the molecule is CC.CC(C)(F)CN1CCc2c([nH]c3ccccc23)C1c1c(F)cc(OCCCCCC(=O)O)cc1F. The Morgan fingerprint density at radius 1 is 1.14 bits per heavy atom. The summed E-state index contributed by atoms with van der Waals surface area (Å²) in [6.07, 6.45) is 2.49. The topological polar surface area (TPSA) is 65.6 Å². The molecule has 0 fully saturated rings. The number of benzene rings is 2. The summed E-state index contributed by atoms with van der Waals surface area (Å²) in [6, 6.07) is 9.28. The summed E-state index contributed by atoms with van der Waals surface area (Å²) in [6.45, 7) is 7.66. The minimum Gasteiger partial charge on any atom is -0.493 e. The first-order chi connectivity index (χ1) is 17.6. The first-order valence-electron chi connectivity index (χ1n) is 13.0.